The maximum atomic E-state index is 12.8. The van der Waals surface area contributed by atoms with Gasteiger partial charge in [-0.2, -0.15) is 0 Å². The van der Waals surface area contributed by atoms with Crippen LogP contribution in [-0.2, 0) is 16.1 Å². The van der Waals surface area contributed by atoms with Crippen LogP contribution >= 0.6 is 11.8 Å². The Morgan fingerprint density at radius 2 is 2.13 bits per heavy atom. The smallest absolute Gasteiger partial charge is 0.246 e. The summed E-state index contributed by atoms with van der Waals surface area (Å²) in [5.74, 6) is 1.67. The van der Waals surface area contributed by atoms with E-state index in [1.165, 1.54) is 0 Å². The molecule has 1 atom stereocenters. The van der Waals surface area contributed by atoms with Crippen LogP contribution in [0.2, 0.25) is 0 Å². The van der Waals surface area contributed by atoms with E-state index in [0.29, 0.717) is 18.2 Å². The molecule has 2 amide bonds. The van der Waals surface area contributed by atoms with Gasteiger partial charge >= 0.3 is 0 Å². The summed E-state index contributed by atoms with van der Waals surface area (Å²) in [5, 5.41) is 0. The highest BCUT2D eigenvalue weighted by atomic mass is 32.2. The third kappa shape index (κ3) is 3.68. The van der Waals surface area contributed by atoms with Gasteiger partial charge in [0.25, 0.3) is 0 Å². The van der Waals surface area contributed by atoms with E-state index in [4.69, 9.17) is 0 Å². The second-order valence-corrected chi connectivity index (χ2v) is 7.32. The Bertz CT molecular complexity index is 560. The van der Waals surface area contributed by atoms with Gasteiger partial charge in [0, 0.05) is 24.9 Å². The zero-order chi connectivity index (χ0) is 16.2. The van der Waals surface area contributed by atoms with Crippen LogP contribution < -0.4 is 0 Å². The van der Waals surface area contributed by atoms with Gasteiger partial charge in [-0.25, -0.2) is 0 Å². The summed E-state index contributed by atoms with van der Waals surface area (Å²) in [6, 6.07) is 5.37. The van der Waals surface area contributed by atoms with Gasteiger partial charge in [0.05, 0.1) is 18.1 Å². The Morgan fingerprint density at radius 1 is 1.35 bits per heavy atom. The van der Waals surface area contributed by atoms with Crippen molar-refractivity contribution in [1.29, 1.82) is 0 Å². The largest absolute Gasteiger partial charge is 0.338 e. The average Bonchev–Trinajstić information content (AvgIpc) is 3.26. The average molecular weight is 333 g/mol. The SMILES string of the molecule is CN(Cc1ccccn1)C(=O)C1CSCN1C(=O)C1CCCC1. The van der Waals surface area contributed by atoms with E-state index in [1.807, 2.05) is 18.2 Å². The summed E-state index contributed by atoms with van der Waals surface area (Å²) in [6.45, 7) is 0.478. The standard InChI is InChI=1S/C17H23N3O2S/c1-19(10-14-8-4-5-9-18-14)17(22)15-11-23-12-20(15)16(21)13-6-2-3-7-13/h4-5,8-9,13,15H,2-3,6-7,10-12H2,1H3. The third-order valence-corrected chi connectivity index (χ3v) is 5.67. The molecule has 6 heteroatoms. The molecule has 1 unspecified atom stereocenters. The highest BCUT2D eigenvalue weighted by Crippen LogP contribution is 2.31. The molecule has 1 aliphatic carbocycles. The Kier molecular flexibility index (Phi) is 5.20. The monoisotopic (exact) mass is 333 g/mol. The number of thioether (sulfide) groups is 1. The molecule has 1 saturated carbocycles. The Hall–Kier alpha value is -1.56. The van der Waals surface area contributed by atoms with Gasteiger partial charge in [0.1, 0.15) is 6.04 Å². The normalized spacial score (nSPS) is 21.6. The number of amides is 2. The predicted octanol–water partition coefficient (Wildman–Crippen LogP) is 2.13. The lowest BCUT2D eigenvalue weighted by atomic mass is 10.1. The van der Waals surface area contributed by atoms with Crippen molar-refractivity contribution in [3.05, 3.63) is 30.1 Å². The Labute approximate surface area is 141 Å². The molecule has 124 valence electrons. The van der Waals surface area contributed by atoms with Crippen molar-refractivity contribution < 1.29 is 9.59 Å². The van der Waals surface area contributed by atoms with Gasteiger partial charge in [0.15, 0.2) is 0 Å². The van der Waals surface area contributed by atoms with E-state index in [9.17, 15) is 9.59 Å². The predicted molar refractivity (Wildman–Crippen MR) is 90.6 cm³/mol. The zero-order valence-corrected chi connectivity index (χ0v) is 14.3. The number of carbonyl (C=O) groups is 2. The summed E-state index contributed by atoms with van der Waals surface area (Å²) >= 11 is 1.67. The third-order valence-electron chi connectivity index (χ3n) is 4.66. The maximum absolute atomic E-state index is 12.8. The maximum Gasteiger partial charge on any atom is 0.246 e. The minimum absolute atomic E-state index is 0.0204. The van der Waals surface area contributed by atoms with Gasteiger partial charge in [-0.15, -0.1) is 11.8 Å². The molecule has 3 rings (SSSR count). The summed E-state index contributed by atoms with van der Waals surface area (Å²) in [7, 11) is 1.79. The number of hydrogen-bond donors (Lipinski definition) is 0. The number of aromatic nitrogens is 1. The summed E-state index contributed by atoms with van der Waals surface area (Å²) in [5.41, 5.74) is 0.864. The summed E-state index contributed by atoms with van der Waals surface area (Å²) in [6.07, 6.45) is 5.95. The quantitative estimate of drug-likeness (QED) is 0.847. The first-order valence-corrected chi connectivity index (χ1v) is 9.35. The van der Waals surface area contributed by atoms with Crippen LogP contribution in [0.25, 0.3) is 0 Å². The van der Waals surface area contributed by atoms with Gasteiger partial charge in [-0.05, 0) is 25.0 Å². The second-order valence-electron chi connectivity index (χ2n) is 6.32. The summed E-state index contributed by atoms with van der Waals surface area (Å²) in [4.78, 5) is 33.2. The molecule has 2 fully saturated rings. The molecule has 1 aromatic rings. The van der Waals surface area contributed by atoms with Crippen LogP contribution in [0.5, 0.6) is 0 Å². The van der Waals surface area contributed by atoms with E-state index in [0.717, 1.165) is 31.4 Å². The molecule has 1 aromatic heterocycles. The first kappa shape index (κ1) is 16.3. The Morgan fingerprint density at radius 3 is 2.83 bits per heavy atom. The lowest BCUT2D eigenvalue weighted by molar-refractivity contribution is -0.145. The highest BCUT2D eigenvalue weighted by Gasteiger charge is 2.39. The van der Waals surface area contributed by atoms with Crippen LogP contribution in [0.3, 0.4) is 0 Å². The second kappa shape index (κ2) is 7.34. The molecule has 0 radical (unpaired) electrons. The molecule has 1 saturated heterocycles. The molecule has 23 heavy (non-hydrogen) atoms. The van der Waals surface area contributed by atoms with E-state index in [1.54, 1.807) is 34.8 Å². The minimum atomic E-state index is -0.318. The number of likely N-dealkylation sites (N-methyl/N-ethyl adjacent to an activating group) is 1. The molecular formula is C17H23N3O2S. The van der Waals surface area contributed by atoms with Crippen molar-refractivity contribution in [3.63, 3.8) is 0 Å². The lowest BCUT2D eigenvalue weighted by Crippen LogP contribution is -2.49. The number of hydrogen-bond acceptors (Lipinski definition) is 4. The molecule has 0 spiro atoms. The lowest BCUT2D eigenvalue weighted by Gasteiger charge is -2.29. The molecule has 5 nitrogen and oxygen atoms in total. The van der Waals surface area contributed by atoms with Crippen molar-refractivity contribution >= 4 is 23.6 Å². The topological polar surface area (TPSA) is 53.5 Å². The van der Waals surface area contributed by atoms with Crippen LogP contribution in [0, 0.1) is 5.92 Å². The van der Waals surface area contributed by atoms with Crippen molar-refractivity contribution in [2.45, 2.75) is 38.3 Å². The van der Waals surface area contributed by atoms with Gasteiger partial charge < -0.3 is 9.80 Å². The molecule has 1 aliphatic heterocycles. The van der Waals surface area contributed by atoms with Gasteiger partial charge in [-0.3, -0.25) is 14.6 Å². The molecule has 0 bridgehead atoms. The van der Waals surface area contributed by atoms with Crippen molar-refractivity contribution in [1.82, 2.24) is 14.8 Å². The highest BCUT2D eigenvalue weighted by molar-refractivity contribution is 7.99. The van der Waals surface area contributed by atoms with E-state index < -0.39 is 0 Å². The van der Waals surface area contributed by atoms with E-state index >= 15 is 0 Å². The van der Waals surface area contributed by atoms with Crippen LogP contribution in [0.15, 0.2) is 24.4 Å². The number of nitrogens with zero attached hydrogens (tertiary/aromatic N) is 3. The van der Waals surface area contributed by atoms with Gasteiger partial charge in [0.2, 0.25) is 11.8 Å². The van der Waals surface area contributed by atoms with Crippen LogP contribution in [-0.4, -0.2) is 51.3 Å². The Balaban J connectivity index is 1.64. The van der Waals surface area contributed by atoms with Crippen LogP contribution in [0.4, 0.5) is 0 Å². The van der Waals surface area contributed by atoms with Crippen LogP contribution in [0.1, 0.15) is 31.4 Å². The number of pyridine rings is 1. The van der Waals surface area contributed by atoms with E-state index in [-0.39, 0.29) is 23.8 Å². The van der Waals surface area contributed by atoms with Crippen molar-refractivity contribution in [2.24, 2.45) is 5.92 Å². The number of carbonyl (C=O) groups excluding carboxylic acids is 2. The van der Waals surface area contributed by atoms with Gasteiger partial charge in [-0.1, -0.05) is 18.9 Å². The fourth-order valence-corrected chi connectivity index (χ4v) is 4.49. The fraction of sp³-hybridized carbons (Fsp3) is 0.588. The minimum Gasteiger partial charge on any atom is -0.338 e. The molecular weight excluding hydrogens is 310 g/mol. The van der Waals surface area contributed by atoms with E-state index in [2.05, 4.69) is 4.98 Å². The first-order chi connectivity index (χ1) is 11.2. The molecule has 0 aromatic carbocycles. The molecule has 2 heterocycles. The molecule has 0 N–H and O–H groups in total. The molecule has 2 aliphatic rings. The summed E-state index contributed by atoms with van der Waals surface area (Å²) < 4.78 is 0. The zero-order valence-electron chi connectivity index (χ0n) is 13.5. The first-order valence-electron chi connectivity index (χ1n) is 8.20. The van der Waals surface area contributed by atoms with Crippen molar-refractivity contribution in [2.75, 3.05) is 18.7 Å². The fourth-order valence-electron chi connectivity index (χ4n) is 3.34. The van der Waals surface area contributed by atoms with Crippen molar-refractivity contribution in [3.8, 4) is 0 Å². The number of rotatable bonds is 4.